The number of aromatic nitrogens is 2. The van der Waals surface area contributed by atoms with E-state index in [0.717, 1.165) is 5.56 Å². The molecule has 2 aromatic rings. The summed E-state index contributed by atoms with van der Waals surface area (Å²) >= 11 is 5.91. The minimum atomic E-state index is 0.246. The van der Waals surface area contributed by atoms with Crippen LogP contribution in [0.15, 0.2) is 30.3 Å². The average Bonchev–Trinajstić information content (AvgIpc) is 2.38. The molecule has 0 atom stereocenters. The Balaban J connectivity index is 2.04. The van der Waals surface area contributed by atoms with Crippen LogP contribution >= 0.6 is 11.6 Å². The highest BCUT2D eigenvalue weighted by Crippen LogP contribution is 2.14. The Kier molecular flexibility index (Phi) is 4.54. The molecule has 5 nitrogen and oxygen atoms in total. The molecule has 2 N–H and O–H groups in total. The lowest BCUT2D eigenvalue weighted by atomic mass is 10.2. The predicted molar refractivity (Wildman–Crippen MR) is 73.2 cm³/mol. The quantitative estimate of drug-likeness (QED) is 0.824. The fourth-order valence-electron chi connectivity index (χ4n) is 1.56. The third kappa shape index (κ3) is 4.08. The molecule has 100 valence electrons. The molecule has 1 aromatic heterocycles. The van der Waals surface area contributed by atoms with E-state index in [2.05, 4.69) is 15.3 Å². The smallest absolute Gasteiger partial charge is 0.158 e. The van der Waals surface area contributed by atoms with Crippen LogP contribution in [0.1, 0.15) is 11.4 Å². The normalized spacial score (nSPS) is 10.4. The number of aromatic hydroxyl groups is 1. The van der Waals surface area contributed by atoms with Gasteiger partial charge in [-0.2, -0.15) is 0 Å². The first-order valence-corrected chi connectivity index (χ1v) is 6.09. The van der Waals surface area contributed by atoms with Gasteiger partial charge in [0.15, 0.2) is 5.82 Å². The first-order chi connectivity index (χ1) is 9.17. The van der Waals surface area contributed by atoms with Gasteiger partial charge in [0.2, 0.25) is 0 Å². The van der Waals surface area contributed by atoms with Crippen LogP contribution in [0.3, 0.4) is 0 Å². The van der Waals surface area contributed by atoms with Crippen LogP contribution in [0.25, 0.3) is 0 Å². The standard InChI is InChI=1S/C13H14ClN3O2/c1-19-8-13-16-11(14)6-12(17-13)15-7-9-2-4-10(18)5-3-9/h2-6,18H,7-8H2,1H3,(H,15,16,17). The fourth-order valence-corrected chi connectivity index (χ4v) is 1.76. The number of hydrogen-bond donors (Lipinski definition) is 2. The van der Waals surface area contributed by atoms with Crippen molar-refractivity contribution in [2.24, 2.45) is 0 Å². The Morgan fingerprint density at radius 1 is 1.26 bits per heavy atom. The molecule has 19 heavy (non-hydrogen) atoms. The van der Waals surface area contributed by atoms with Gasteiger partial charge in [-0.3, -0.25) is 0 Å². The monoisotopic (exact) mass is 279 g/mol. The first-order valence-electron chi connectivity index (χ1n) is 5.71. The Morgan fingerprint density at radius 3 is 2.68 bits per heavy atom. The SMILES string of the molecule is COCc1nc(Cl)cc(NCc2ccc(O)cc2)n1. The van der Waals surface area contributed by atoms with Gasteiger partial charge in [0.1, 0.15) is 23.3 Å². The van der Waals surface area contributed by atoms with Crippen LogP contribution in [-0.4, -0.2) is 22.2 Å². The highest BCUT2D eigenvalue weighted by molar-refractivity contribution is 6.29. The summed E-state index contributed by atoms with van der Waals surface area (Å²) in [6.07, 6.45) is 0. The molecule has 0 amide bonds. The van der Waals surface area contributed by atoms with Crippen molar-refractivity contribution in [1.82, 2.24) is 9.97 Å². The Labute approximate surface area is 116 Å². The molecule has 0 aliphatic carbocycles. The third-order valence-corrected chi connectivity index (χ3v) is 2.62. The van der Waals surface area contributed by atoms with Crippen molar-refractivity contribution < 1.29 is 9.84 Å². The molecule has 0 aliphatic rings. The number of anilines is 1. The minimum absolute atomic E-state index is 0.246. The maximum absolute atomic E-state index is 9.20. The summed E-state index contributed by atoms with van der Waals surface area (Å²) in [5, 5.41) is 12.7. The van der Waals surface area contributed by atoms with E-state index in [-0.39, 0.29) is 5.75 Å². The Morgan fingerprint density at radius 2 is 2.00 bits per heavy atom. The molecular weight excluding hydrogens is 266 g/mol. The topological polar surface area (TPSA) is 67.3 Å². The number of hydrogen-bond acceptors (Lipinski definition) is 5. The molecule has 0 bridgehead atoms. The summed E-state index contributed by atoms with van der Waals surface area (Å²) in [6.45, 7) is 0.897. The van der Waals surface area contributed by atoms with Crippen LogP contribution in [0.5, 0.6) is 5.75 Å². The van der Waals surface area contributed by atoms with Crippen molar-refractivity contribution in [2.75, 3.05) is 12.4 Å². The highest BCUT2D eigenvalue weighted by Gasteiger charge is 2.03. The molecule has 6 heteroatoms. The van der Waals surface area contributed by atoms with E-state index in [9.17, 15) is 5.11 Å². The number of nitrogens with one attached hydrogen (secondary N) is 1. The van der Waals surface area contributed by atoms with E-state index < -0.39 is 0 Å². The zero-order valence-corrected chi connectivity index (χ0v) is 11.2. The van der Waals surface area contributed by atoms with E-state index in [4.69, 9.17) is 16.3 Å². The predicted octanol–water partition coefficient (Wildman–Crippen LogP) is 2.59. The molecule has 0 saturated carbocycles. The van der Waals surface area contributed by atoms with Crippen molar-refractivity contribution >= 4 is 17.4 Å². The molecule has 0 unspecified atom stereocenters. The minimum Gasteiger partial charge on any atom is -0.508 e. The van der Waals surface area contributed by atoms with Crippen molar-refractivity contribution in [2.45, 2.75) is 13.2 Å². The number of rotatable bonds is 5. The number of benzene rings is 1. The first kappa shape index (κ1) is 13.6. The Hall–Kier alpha value is -1.85. The zero-order chi connectivity index (χ0) is 13.7. The maximum Gasteiger partial charge on any atom is 0.158 e. The van der Waals surface area contributed by atoms with Crippen molar-refractivity contribution in [3.63, 3.8) is 0 Å². The summed E-state index contributed by atoms with van der Waals surface area (Å²) in [4.78, 5) is 8.32. The molecule has 0 radical (unpaired) electrons. The van der Waals surface area contributed by atoms with E-state index in [0.29, 0.717) is 29.9 Å². The summed E-state index contributed by atoms with van der Waals surface area (Å²) in [5.41, 5.74) is 1.03. The molecular formula is C13H14ClN3O2. The van der Waals surface area contributed by atoms with Gasteiger partial charge >= 0.3 is 0 Å². The third-order valence-electron chi connectivity index (χ3n) is 2.42. The summed E-state index contributed by atoms with van der Waals surface area (Å²) in [5.74, 6) is 1.42. The van der Waals surface area contributed by atoms with Gasteiger partial charge in [0.25, 0.3) is 0 Å². The number of halogens is 1. The zero-order valence-electron chi connectivity index (χ0n) is 10.4. The van der Waals surface area contributed by atoms with Gasteiger partial charge in [-0.25, -0.2) is 9.97 Å². The molecule has 0 aliphatic heterocycles. The second-order valence-corrected chi connectivity index (χ2v) is 4.33. The molecule has 1 aromatic carbocycles. The summed E-state index contributed by atoms with van der Waals surface area (Å²) < 4.78 is 4.97. The number of phenols is 1. The van der Waals surface area contributed by atoms with Crippen LogP contribution in [-0.2, 0) is 17.9 Å². The maximum atomic E-state index is 9.20. The number of nitrogens with zero attached hydrogens (tertiary/aromatic N) is 2. The molecule has 0 fully saturated rings. The average molecular weight is 280 g/mol. The van der Waals surface area contributed by atoms with Gasteiger partial charge in [-0.1, -0.05) is 23.7 Å². The molecule has 0 saturated heterocycles. The van der Waals surface area contributed by atoms with Crippen LogP contribution in [0.4, 0.5) is 5.82 Å². The number of ether oxygens (including phenoxy) is 1. The lowest BCUT2D eigenvalue weighted by Gasteiger charge is -2.08. The largest absolute Gasteiger partial charge is 0.508 e. The van der Waals surface area contributed by atoms with Crippen molar-refractivity contribution in [3.8, 4) is 5.75 Å². The van der Waals surface area contributed by atoms with Gasteiger partial charge in [-0.15, -0.1) is 0 Å². The summed E-state index contributed by atoms with van der Waals surface area (Å²) in [6, 6.07) is 8.60. The van der Waals surface area contributed by atoms with Crippen LogP contribution < -0.4 is 5.32 Å². The van der Waals surface area contributed by atoms with E-state index >= 15 is 0 Å². The van der Waals surface area contributed by atoms with Crippen LogP contribution in [0, 0.1) is 0 Å². The van der Waals surface area contributed by atoms with Gasteiger partial charge < -0.3 is 15.2 Å². The molecule has 0 spiro atoms. The lowest BCUT2D eigenvalue weighted by molar-refractivity contribution is 0.178. The second-order valence-electron chi connectivity index (χ2n) is 3.95. The van der Waals surface area contributed by atoms with Crippen molar-refractivity contribution in [3.05, 3.63) is 46.9 Å². The van der Waals surface area contributed by atoms with Crippen molar-refractivity contribution in [1.29, 1.82) is 0 Å². The lowest BCUT2D eigenvalue weighted by Crippen LogP contribution is -2.05. The van der Waals surface area contributed by atoms with Gasteiger partial charge in [-0.05, 0) is 17.7 Å². The summed E-state index contributed by atoms with van der Waals surface area (Å²) in [7, 11) is 1.58. The molecule has 1 heterocycles. The molecule has 2 rings (SSSR count). The highest BCUT2D eigenvalue weighted by atomic mass is 35.5. The Bertz CT molecular complexity index is 546. The van der Waals surface area contributed by atoms with Crippen LogP contribution in [0.2, 0.25) is 5.15 Å². The number of methoxy groups -OCH3 is 1. The van der Waals surface area contributed by atoms with Gasteiger partial charge in [0, 0.05) is 19.7 Å². The fraction of sp³-hybridized carbons (Fsp3) is 0.231. The second kappa shape index (κ2) is 6.36. The van der Waals surface area contributed by atoms with E-state index in [1.807, 2.05) is 12.1 Å². The number of phenolic OH excluding ortho intramolecular Hbond substituents is 1. The van der Waals surface area contributed by atoms with Gasteiger partial charge in [0.05, 0.1) is 0 Å². The van der Waals surface area contributed by atoms with E-state index in [1.165, 1.54) is 0 Å². The van der Waals surface area contributed by atoms with E-state index in [1.54, 1.807) is 25.3 Å².